The van der Waals surface area contributed by atoms with Gasteiger partial charge in [0.2, 0.25) is 0 Å². The first kappa shape index (κ1) is 16.2. The van der Waals surface area contributed by atoms with Crippen LogP contribution in [0, 0.1) is 0 Å². The van der Waals surface area contributed by atoms with Gasteiger partial charge in [0.25, 0.3) is 0 Å². The molecule has 0 spiro atoms. The van der Waals surface area contributed by atoms with E-state index in [0.29, 0.717) is 0 Å². The second-order valence-electron chi connectivity index (χ2n) is 4.08. The van der Waals surface area contributed by atoms with Gasteiger partial charge in [-0.3, -0.25) is 0 Å². The predicted molar refractivity (Wildman–Crippen MR) is 79.7 cm³/mol. The SMILES string of the molecule is CCCCCCNCC=Cc1ccccc1.Cl. The minimum Gasteiger partial charge on any atom is -0.313 e. The van der Waals surface area contributed by atoms with E-state index in [-0.39, 0.29) is 12.4 Å². The van der Waals surface area contributed by atoms with Crippen LogP contribution in [0.5, 0.6) is 0 Å². The molecule has 0 atom stereocenters. The van der Waals surface area contributed by atoms with Crippen LogP contribution in [0.1, 0.15) is 38.2 Å². The van der Waals surface area contributed by atoms with E-state index in [2.05, 4.69) is 48.7 Å². The van der Waals surface area contributed by atoms with Crippen molar-refractivity contribution in [3.63, 3.8) is 0 Å². The maximum absolute atomic E-state index is 3.43. The molecule has 0 heterocycles. The monoisotopic (exact) mass is 253 g/mol. The van der Waals surface area contributed by atoms with Crippen LogP contribution in [-0.4, -0.2) is 13.1 Å². The number of halogens is 1. The predicted octanol–water partition coefficient (Wildman–Crippen LogP) is 4.29. The van der Waals surface area contributed by atoms with Gasteiger partial charge in [0, 0.05) is 6.54 Å². The van der Waals surface area contributed by atoms with Crippen molar-refractivity contribution < 1.29 is 0 Å². The number of hydrogen-bond acceptors (Lipinski definition) is 1. The average Bonchev–Trinajstić information content (AvgIpc) is 2.34. The molecule has 2 heteroatoms. The van der Waals surface area contributed by atoms with Crippen molar-refractivity contribution in [1.29, 1.82) is 0 Å². The normalized spacial score (nSPS) is 10.4. The van der Waals surface area contributed by atoms with Crippen molar-refractivity contribution in [3.05, 3.63) is 42.0 Å². The molecule has 96 valence electrons. The van der Waals surface area contributed by atoms with Crippen LogP contribution >= 0.6 is 12.4 Å². The van der Waals surface area contributed by atoms with Gasteiger partial charge in [-0.1, -0.05) is 68.7 Å². The zero-order valence-corrected chi connectivity index (χ0v) is 11.5. The van der Waals surface area contributed by atoms with Gasteiger partial charge in [0.05, 0.1) is 0 Å². The third kappa shape index (κ3) is 8.96. The first-order chi connectivity index (χ1) is 7.93. The quantitative estimate of drug-likeness (QED) is 0.682. The largest absolute Gasteiger partial charge is 0.313 e. The van der Waals surface area contributed by atoms with Gasteiger partial charge in [-0.2, -0.15) is 0 Å². The number of nitrogens with one attached hydrogen (secondary N) is 1. The molecule has 0 unspecified atom stereocenters. The van der Waals surface area contributed by atoms with Crippen molar-refractivity contribution in [1.82, 2.24) is 5.32 Å². The van der Waals surface area contributed by atoms with Gasteiger partial charge in [-0.05, 0) is 18.5 Å². The van der Waals surface area contributed by atoms with E-state index in [0.717, 1.165) is 13.1 Å². The van der Waals surface area contributed by atoms with Gasteiger partial charge < -0.3 is 5.32 Å². The Hall–Kier alpha value is -0.790. The highest BCUT2D eigenvalue weighted by molar-refractivity contribution is 5.85. The lowest BCUT2D eigenvalue weighted by atomic mass is 10.2. The van der Waals surface area contributed by atoms with Gasteiger partial charge in [-0.25, -0.2) is 0 Å². The lowest BCUT2D eigenvalue weighted by Crippen LogP contribution is -2.14. The van der Waals surface area contributed by atoms with Crippen LogP contribution in [0.15, 0.2) is 36.4 Å². The molecule has 0 amide bonds. The Labute approximate surface area is 112 Å². The van der Waals surface area contributed by atoms with Crippen molar-refractivity contribution in [3.8, 4) is 0 Å². The van der Waals surface area contributed by atoms with Gasteiger partial charge in [0.1, 0.15) is 0 Å². The molecule has 0 aliphatic rings. The molecule has 0 saturated carbocycles. The summed E-state index contributed by atoms with van der Waals surface area (Å²) in [4.78, 5) is 0. The molecular formula is C15H24ClN. The maximum atomic E-state index is 3.43. The topological polar surface area (TPSA) is 12.0 Å². The second-order valence-corrected chi connectivity index (χ2v) is 4.08. The molecule has 17 heavy (non-hydrogen) atoms. The maximum Gasteiger partial charge on any atom is 0.0138 e. The highest BCUT2D eigenvalue weighted by atomic mass is 35.5. The summed E-state index contributed by atoms with van der Waals surface area (Å²) in [5.41, 5.74) is 1.27. The Morgan fingerprint density at radius 1 is 1.06 bits per heavy atom. The van der Waals surface area contributed by atoms with Crippen molar-refractivity contribution in [2.24, 2.45) is 0 Å². The van der Waals surface area contributed by atoms with Crippen LogP contribution in [0.3, 0.4) is 0 Å². The van der Waals surface area contributed by atoms with E-state index < -0.39 is 0 Å². The summed E-state index contributed by atoms with van der Waals surface area (Å²) in [6.07, 6.45) is 9.68. The summed E-state index contributed by atoms with van der Waals surface area (Å²) in [7, 11) is 0. The third-order valence-corrected chi connectivity index (χ3v) is 2.58. The van der Waals surface area contributed by atoms with Crippen LogP contribution in [0.2, 0.25) is 0 Å². The molecule has 0 aromatic heterocycles. The second kappa shape index (κ2) is 11.7. The highest BCUT2D eigenvalue weighted by Crippen LogP contribution is 2.00. The standard InChI is InChI=1S/C15H23N.ClH/c1-2-3-4-8-13-16-14-9-12-15-10-6-5-7-11-15;/h5-7,9-12,16H,2-4,8,13-14H2,1H3;1H. The molecule has 1 rings (SSSR count). The fraction of sp³-hybridized carbons (Fsp3) is 0.467. The van der Waals surface area contributed by atoms with E-state index >= 15 is 0 Å². The van der Waals surface area contributed by atoms with Crippen molar-refractivity contribution in [2.75, 3.05) is 13.1 Å². The lowest BCUT2D eigenvalue weighted by molar-refractivity contribution is 0.621. The fourth-order valence-electron chi connectivity index (χ4n) is 1.62. The highest BCUT2D eigenvalue weighted by Gasteiger charge is 1.86. The summed E-state index contributed by atoms with van der Waals surface area (Å²) in [5.74, 6) is 0. The van der Waals surface area contributed by atoms with Crippen LogP contribution in [-0.2, 0) is 0 Å². The number of benzene rings is 1. The molecule has 0 fully saturated rings. The molecular weight excluding hydrogens is 230 g/mol. The average molecular weight is 254 g/mol. The summed E-state index contributed by atoms with van der Waals surface area (Å²) in [6, 6.07) is 10.4. The van der Waals surface area contributed by atoms with E-state index in [4.69, 9.17) is 0 Å². The molecule has 1 aromatic rings. The molecule has 0 saturated heterocycles. The number of rotatable bonds is 8. The minimum absolute atomic E-state index is 0. The molecule has 1 nitrogen and oxygen atoms in total. The molecule has 0 bridgehead atoms. The Bertz CT molecular complexity index is 282. The third-order valence-electron chi connectivity index (χ3n) is 2.58. The smallest absolute Gasteiger partial charge is 0.0138 e. The van der Waals surface area contributed by atoms with Crippen molar-refractivity contribution in [2.45, 2.75) is 32.6 Å². The molecule has 0 aliphatic carbocycles. The van der Waals surface area contributed by atoms with Gasteiger partial charge >= 0.3 is 0 Å². The van der Waals surface area contributed by atoms with E-state index in [1.54, 1.807) is 0 Å². The van der Waals surface area contributed by atoms with E-state index in [1.807, 2.05) is 6.07 Å². The summed E-state index contributed by atoms with van der Waals surface area (Å²) in [6.45, 7) is 4.36. The Kier molecular flexibility index (Phi) is 11.1. The van der Waals surface area contributed by atoms with E-state index in [9.17, 15) is 0 Å². The summed E-state index contributed by atoms with van der Waals surface area (Å²) in [5, 5.41) is 3.43. The molecule has 1 aromatic carbocycles. The number of hydrogen-bond donors (Lipinski definition) is 1. The minimum atomic E-state index is 0. The zero-order chi connectivity index (χ0) is 11.5. The van der Waals surface area contributed by atoms with Crippen molar-refractivity contribution >= 4 is 18.5 Å². The van der Waals surface area contributed by atoms with E-state index in [1.165, 1.54) is 31.2 Å². The van der Waals surface area contributed by atoms with Crippen LogP contribution in [0.25, 0.3) is 6.08 Å². The Balaban J connectivity index is 0.00000256. The summed E-state index contributed by atoms with van der Waals surface area (Å²) >= 11 is 0. The molecule has 0 aliphatic heterocycles. The van der Waals surface area contributed by atoms with Gasteiger partial charge in [-0.15, -0.1) is 12.4 Å². The molecule has 0 radical (unpaired) electrons. The lowest BCUT2D eigenvalue weighted by Gasteiger charge is -2.00. The Morgan fingerprint density at radius 2 is 1.82 bits per heavy atom. The fourth-order valence-corrected chi connectivity index (χ4v) is 1.62. The first-order valence-corrected chi connectivity index (χ1v) is 6.36. The number of unbranched alkanes of at least 4 members (excludes halogenated alkanes) is 3. The van der Waals surface area contributed by atoms with Crippen LogP contribution < -0.4 is 5.32 Å². The first-order valence-electron chi connectivity index (χ1n) is 6.36. The van der Waals surface area contributed by atoms with Crippen LogP contribution in [0.4, 0.5) is 0 Å². The zero-order valence-electron chi connectivity index (χ0n) is 10.7. The Morgan fingerprint density at radius 3 is 2.53 bits per heavy atom. The summed E-state index contributed by atoms with van der Waals surface area (Å²) < 4.78 is 0. The molecule has 1 N–H and O–H groups in total. The van der Waals surface area contributed by atoms with Gasteiger partial charge in [0.15, 0.2) is 0 Å².